The molecule has 0 heterocycles. The number of hydrogen-bond donors (Lipinski definition) is 1. The van der Waals surface area contributed by atoms with Crippen LogP contribution in [0.15, 0.2) is 45.8 Å². The minimum atomic E-state index is -0.0380. The SMILES string of the molecule is Cc1cc(Br)c(NC(=O)CSc2cccc(Cl)c2)cc1C. The van der Waals surface area contributed by atoms with Crippen LogP contribution in [0.2, 0.25) is 5.02 Å². The lowest BCUT2D eigenvalue weighted by Crippen LogP contribution is -2.14. The number of aryl methyl sites for hydroxylation is 2. The Morgan fingerprint density at radius 2 is 1.95 bits per heavy atom. The van der Waals surface area contributed by atoms with Gasteiger partial charge in [0.2, 0.25) is 5.91 Å². The Kier molecular flexibility index (Phi) is 5.73. The van der Waals surface area contributed by atoms with Crippen LogP contribution in [0.4, 0.5) is 5.69 Å². The molecule has 0 saturated heterocycles. The van der Waals surface area contributed by atoms with Crippen molar-refractivity contribution in [3.05, 3.63) is 57.0 Å². The molecule has 0 atom stereocenters. The second kappa shape index (κ2) is 7.34. The highest BCUT2D eigenvalue weighted by molar-refractivity contribution is 9.10. The van der Waals surface area contributed by atoms with E-state index < -0.39 is 0 Å². The summed E-state index contributed by atoms with van der Waals surface area (Å²) >= 11 is 10.9. The average Bonchev–Trinajstić information content (AvgIpc) is 2.43. The number of halogens is 2. The number of carbonyl (C=O) groups is 1. The minimum absolute atomic E-state index is 0.0380. The lowest BCUT2D eigenvalue weighted by atomic mass is 10.1. The van der Waals surface area contributed by atoms with Crippen molar-refractivity contribution < 1.29 is 4.79 Å². The van der Waals surface area contributed by atoms with Crippen LogP contribution in [0.3, 0.4) is 0 Å². The van der Waals surface area contributed by atoms with E-state index in [-0.39, 0.29) is 5.91 Å². The van der Waals surface area contributed by atoms with E-state index in [1.807, 2.05) is 50.2 Å². The molecule has 0 radical (unpaired) electrons. The monoisotopic (exact) mass is 383 g/mol. The van der Waals surface area contributed by atoms with Gasteiger partial charge in [-0.2, -0.15) is 0 Å². The summed E-state index contributed by atoms with van der Waals surface area (Å²) in [7, 11) is 0. The van der Waals surface area contributed by atoms with Gasteiger partial charge in [0.15, 0.2) is 0 Å². The fourth-order valence-corrected chi connectivity index (χ4v) is 3.34. The molecule has 110 valence electrons. The van der Waals surface area contributed by atoms with Gasteiger partial charge in [0.1, 0.15) is 0 Å². The van der Waals surface area contributed by atoms with Gasteiger partial charge in [-0.25, -0.2) is 0 Å². The molecule has 21 heavy (non-hydrogen) atoms. The molecule has 1 amide bonds. The number of hydrogen-bond acceptors (Lipinski definition) is 2. The molecular formula is C16H15BrClNOS. The first-order valence-electron chi connectivity index (χ1n) is 6.40. The third kappa shape index (κ3) is 4.77. The molecule has 0 aliphatic heterocycles. The maximum atomic E-state index is 12.0. The summed E-state index contributed by atoms with van der Waals surface area (Å²) in [4.78, 5) is 13.0. The standard InChI is InChI=1S/C16H15BrClNOS/c1-10-6-14(17)15(7-11(10)2)19-16(20)9-21-13-5-3-4-12(18)8-13/h3-8H,9H2,1-2H3,(H,19,20). The Morgan fingerprint density at radius 3 is 2.67 bits per heavy atom. The fraction of sp³-hybridized carbons (Fsp3) is 0.188. The molecule has 0 unspecified atom stereocenters. The van der Waals surface area contributed by atoms with Crippen LogP contribution < -0.4 is 5.32 Å². The van der Waals surface area contributed by atoms with Crippen molar-refractivity contribution in [2.24, 2.45) is 0 Å². The van der Waals surface area contributed by atoms with Gasteiger partial charge in [0, 0.05) is 14.4 Å². The Labute approximate surface area is 142 Å². The Hall–Kier alpha value is -0.970. The smallest absolute Gasteiger partial charge is 0.234 e. The zero-order valence-corrected chi connectivity index (χ0v) is 14.9. The highest BCUT2D eigenvalue weighted by Crippen LogP contribution is 2.27. The van der Waals surface area contributed by atoms with Gasteiger partial charge in [0.05, 0.1) is 11.4 Å². The second-order valence-electron chi connectivity index (χ2n) is 4.71. The maximum Gasteiger partial charge on any atom is 0.234 e. The van der Waals surface area contributed by atoms with Crippen LogP contribution in [0, 0.1) is 13.8 Å². The molecule has 2 nitrogen and oxygen atoms in total. The number of amides is 1. The van der Waals surface area contributed by atoms with Gasteiger partial charge in [-0.15, -0.1) is 11.8 Å². The van der Waals surface area contributed by atoms with E-state index in [1.165, 1.54) is 17.3 Å². The molecule has 0 spiro atoms. The van der Waals surface area contributed by atoms with Crippen LogP contribution >= 0.6 is 39.3 Å². The number of carbonyl (C=O) groups excluding carboxylic acids is 1. The predicted molar refractivity (Wildman–Crippen MR) is 94.4 cm³/mol. The summed E-state index contributed by atoms with van der Waals surface area (Å²) in [5.74, 6) is 0.309. The second-order valence-corrected chi connectivity index (χ2v) is 7.05. The van der Waals surface area contributed by atoms with Crippen LogP contribution in [0.25, 0.3) is 0 Å². The first-order chi connectivity index (χ1) is 9.95. The lowest BCUT2D eigenvalue weighted by molar-refractivity contribution is -0.113. The van der Waals surface area contributed by atoms with E-state index in [0.29, 0.717) is 10.8 Å². The molecule has 1 N–H and O–H groups in total. The molecule has 0 aliphatic carbocycles. The van der Waals surface area contributed by atoms with Crippen molar-refractivity contribution >= 4 is 50.9 Å². The molecule has 0 bridgehead atoms. The first kappa shape index (κ1) is 16.4. The average molecular weight is 385 g/mol. The zero-order valence-electron chi connectivity index (χ0n) is 11.7. The summed E-state index contributed by atoms with van der Waals surface area (Å²) < 4.78 is 0.895. The van der Waals surface area contributed by atoms with Crippen molar-refractivity contribution in [3.8, 4) is 0 Å². The molecule has 0 aromatic heterocycles. The molecule has 2 aromatic carbocycles. The van der Waals surface area contributed by atoms with E-state index in [1.54, 1.807) is 0 Å². The highest BCUT2D eigenvalue weighted by atomic mass is 79.9. The summed E-state index contributed by atoms with van der Waals surface area (Å²) in [6, 6.07) is 11.5. The van der Waals surface area contributed by atoms with Crippen LogP contribution in [0.5, 0.6) is 0 Å². The number of thioether (sulfide) groups is 1. The number of anilines is 1. The number of nitrogens with one attached hydrogen (secondary N) is 1. The van der Waals surface area contributed by atoms with Crippen LogP contribution in [0.1, 0.15) is 11.1 Å². The molecule has 0 aliphatic rings. The van der Waals surface area contributed by atoms with Gasteiger partial charge in [0.25, 0.3) is 0 Å². The van der Waals surface area contributed by atoms with Crippen molar-refractivity contribution in [1.82, 2.24) is 0 Å². The summed E-state index contributed by atoms with van der Waals surface area (Å²) in [6.07, 6.45) is 0. The van der Waals surface area contributed by atoms with E-state index >= 15 is 0 Å². The van der Waals surface area contributed by atoms with E-state index in [2.05, 4.69) is 21.2 Å². The fourth-order valence-electron chi connectivity index (χ4n) is 1.77. The Bertz CT molecular complexity index is 675. The normalized spacial score (nSPS) is 10.5. The van der Waals surface area contributed by atoms with Crippen molar-refractivity contribution in [2.75, 3.05) is 11.1 Å². The topological polar surface area (TPSA) is 29.1 Å². The molecule has 2 aromatic rings. The van der Waals surface area contributed by atoms with Gasteiger partial charge in [-0.1, -0.05) is 17.7 Å². The highest BCUT2D eigenvalue weighted by Gasteiger charge is 2.08. The Morgan fingerprint density at radius 1 is 1.24 bits per heavy atom. The largest absolute Gasteiger partial charge is 0.324 e. The van der Waals surface area contributed by atoms with E-state index in [4.69, 9.17) is 11.6 Å². The predicted octanol–water partition coefficient (Wildman–Crippen LogP) is 5.45. The van der Waals surface area contributed by atoms with Crippen LogP contribution in [-0.4, -0.2) is 11.7 Å². The van der Waals surface area contributed by atoms with Gasteiger partial charge in [-0.05, 0) is 71.2 Å². The van der Waals surface area contributed by atoms with Gasteiger partial charge < -0.3 is 5.32 Å². The van der Waals surface area contributed by atoms with Gasteiger partial charge >= 0.3 is 0 Å². The van der Waals surface area contributed by atoms with Crippen molar-refractivity contribution in [2.45, 2.75) is 18.7 Å². The zero-order chi connectivity index (χ0) is 15.4. The lowest BCUT2D eigenvalue weighted by Gasteiger charge is -2.10. The molecule has 0 saturated carbocycles. The molecule has 0 fully saturated rings. The minimum Gasteiger partial charge on any atom is -0.324 e. The summed E-state index contributed by atoms with van der Waals surface area (Å²) in [5.41, 5.74) is 3.14. The first-order valence-corrected chi connectivity index (χ1v) is 8.56. The Balaban J connectivity index is 1.97. The number of benzene rings is 2. The van der Waals surface area contributed by atoms with E-state index in [9.17, 15) is 4.79 Å². The molecular weight excluding hydrogens is 370 g/mol. The van der Waals surface area contributed by atoms with Gasteiger partial charge in [-0.3, -0.25) is 4.79 Å². The maximum absolute atomic E-state index is 12.0. The summed E-state index contributed by atoms with van der Waals surface area (Å²) in [5, 5.41) is 3.60. The van der Waals surface area contributed by atoms with E-state index in [0.717, 1.165) is 20.6 Å². The molecule has 5 heteroatoms. The third-order valence-electron chi connectivity index (χ3n) is 3.02. The quantitative estimate of drug-likeness (QED) is 0.710. The molecule has 2 rings (SSSR count). The third-order valence-corrected chi connectivity index (χ3v) is 4.91. The number of rotatable bonds is 4. The van der Waals surface area contributed by atoms with Crippen LogP contribution in [-0.2, 0) is 4.79 Å². The summed E-state index contributed by atoms with van der Waals surface area (Å²) in [6.45, 7) is 4.07. The van der Waals surface area contributed by atoms with Crippen molar-refractivity contribution in [1.29, 1.82) is 0 Å². The van der Waals surface area contributed by atoms with Crippen molar-refractivity contribution in [3.63, 3.8) is 0 Å².